The van der Waals surface area contributed by atoms with Crippen molar-refractivity contribution in [2.45, 2.75) is 31.3 Å². The van der Waals surface area contributed by atoms with E-state index in [-0.39, 0.29) is 28.9 Å². The number of nitrogens with one attached hydrogen (secondary N) is 2. The molecule has 0 aliphatic rings. The summed E-state index contributed by atoms with van der Waals surface area (Å²) in [4.78, 5) is 22.8. The highest BCUT2D eigenvalue weighted by Gasteiger charge is 2.16. The van der Waals surface area contributed by atoms with Crippen LogP contribution in [0, 0.1) is 0 Å². The Balaban J connectivity index is 2.08. The van der Waals surface area contributed by atoms with Gasteiger partial charge in [0.05, 0.1) is 4.90 Å². The Kier molecular flexibility index (Phi) is 5.55. The highest BCUT2D eigenvalue weighted by Crippen LogP contribution is 2.13. The number of carbonyl (C=O) groups is 2. The maximum absolute atomic E-state index is 12.1. The number of amides is 1. The molecule has 0 bridgehead atoms. The van der Waals surface area contributed by atoms with E-state index in [4.69, 9.17) is 5.11 Å². The van der Waals surface area contributed by atoms with Crippen LogP contribution in [-0.2, 0) is 21.4 Å². The fourth-order valence-electron chi connectivity index (χ4n) is 2.01. The molecule has 9 nitrogen and oxygen atoms in total. The minimum Gasteiger partial charge on any atom is -0.480 e. The van der Waals surface area contributed by atoms with E-state index in [2.05, 4.69) is 15.1 Å². The highest BCUT2D eigenvalue weighted by atomic mass is 32.2. The van der Waals surface area contributed by atoms with Crippen LogP contribution in [-0.4, -0.2) is 41.2 Å². The normalized spacial score (nSPS) is 11.5. The maximum atomic E-state index is 12.1. The number of carboxylic acids is 1. The van der Waals surface area contributed by atoms with Crippen LogP contribution in [0.1, 0.15) is 24.2 Å². The first-order valence-corrected chi connectivity index (χ1v) is 8.84. The average Bonchev–Trinajstić information content (AvgIpc) is 2.92. The number of hydrogen-bond donors (Lipinski definition) is 3. The van der Waals surface area contributed by atoms with Gasteiger partial charge >= 0.3 is 5.97 Å². The fraction of sp³-hybridized carbons (Fsp3) is 0.267. The summed E-state index contributed by atoms with van der Waals surface area (Å²) in [5, 5.41) is 15.1. The maximum Gasteiger partial charge on any atom is 0.325 e. The molecule has 0 aliphatic heterocycles. The largest absolute Gasteiger partial charge is 0.480 e. The van der Waals surface area contributed by atoms with E-state index in [0.29, 0.717) is 0 Å². The molecule has 2 rings (SSSR count). The van der Waals surface area contributed by atoms with Gasteiger partial charge in [-0.15, -0.1) is 0 Å². The number of aromatic nitrogens is 2. The van der Waals surface area contributed by atoms with Crippen LogP contribution >= 0.6 is 0 Å². The third kappa shape index (κ3) is 5.13. The zero-order chi connectivity index (χ0) is 18.6. The zero-order valence-corrected chi connectivity index (χ0v) is 14.4. The molecule has 1 aromatic carbocycles. The molecule has 1 aromatic heterocycles. The minimum absolute atomic E-state index is 0.0588. The lowest BCUT2D eigenvalue weighted by Gasteiger charge is -2.10. The van der Waals surface area contributed by atoms with Crippen LogP contribution in [0.5, 0.6) is 0 Å². The first-order chi connectivity index (χ1) is 11.7. The summed E-state index contributed by atoms with van der Waals surface area (Å²) < 4.78 is 27.7. The summed E-state index contributed by atoms with van der Waals surface area (Å²) in [6.07, 6.45) is 1.43. The van der Waals surface area contributed by atoms with E-state index in [1.54, 1.807) is 13.8 Å². The summed E-state index contributed by atoms with van der Waals surface area (Å²) in [6, 6.07) is 6.67. The number of anilines is 1. The Labute approximate surface area is 144 Å². The third-order valence-corrected chi connectivity index (χ3v) is 4.67. The van der Waals surface area contributed by atoms with Gasteiger partial charge in [0.25, 0.3) is 5.91 Å². The molecule has 2 aromatic rings. The number of carbonyl (C=O) groups excluding carboxylic acids is 1. The van der Waals surface area contributed by atoms with Crippen molar-refractivity contribution in [2.75, 3.05) is 5.32 Å². The molecule has 0 aliphatic carbocycles. The molecule has 10 heteroatoms. The Morgan fingerprint density at radius 2 is 1.84 bits per heavy atom. The van der Waals surface area contributed by atoms with Crippen molar-refractivity contribution in [1.29, 1.82) is 0 Å². The molecule has 0 unspecified atom stereocenters. The first-order valence-electron chi connectivity index (χ1n) is 7.36. The fourth-order valence-corrected chi connectivity index (χ4v) is 3.26. The lowest BCUT2D eigenvalue weighted by molar-refractivity contribution is -0.137. The van der Waals surface area contributed by atoms with Gasteiger partial charge in [-0.25, -0.2) is 13.1 Å². The molecular weight excluding hydrogens is 348 g/mol. The zero-order valence-electron chi connectivity index (χ0n) is 13.6. The molecule has 0 saturated heterocycles. The molecule has 0 atom stereocenters. The van der Waals surface area contributed by atoms with Crippen LogP contribution in [0.15, 0.2) is 41.4 Å². The standard InChI is InChI=1S/C15H18N4O5S/c1-10(2)18-25(23,24)12-5-3-11(4-6-12)15(22)16-13-7-8-19(17-13)9-14(20)21/h3-8,10,18H,9H2,1-2H3,(H,20,21)(H,16,17,22). The van der Waals surface area contributed by atoms with Crippen LogP contribution in [0.3, 0.4) is 0 Å². The molecule has 0 spiro atoms. The average molecular weight is 366 g/mol. The van der Waals surface area contributed by atoms with Gasteiger partial charge in [0.1, 0.15) is 6.54 Å². The van der Waals surface area contributed by atoms with Gasteiger partial charge in [-0.2, -0.15) is 5.10 Å². The quantitative estimate of drug-likeness (QED) is 0.667. The molecule has 1 amide bonds. The molecule has 25 heavy (non-hydrogen) atoms. The minimum atomic E-state index is -3.62. The van der Waals surface area contributed by atoms with Crippen molar-refractivity contribution >= 4 is 27.7 Å². The number of nitrogens with zero attached hydrogens (tertiary/aromatic N) is 2. The second-order valence-corrected chi connectivity index (χ2v) is 7.26. The van der Waals surface area contributed by atoms with E-state index < -0.39 is 21.9 Å². The second-order valence-electron chi connectivity index (χ2n) is 5.55. The van der Waals surface area contributed by atoms with E-state index in [0.717, 1.165) is 0 Å². The summed E-state index contributed by atoms with van der Waals surface area (Å²) >= 11 is 0. The lowest BCUT2D eigenvalue weighted by Crippen LogP contribution is -2.30. The van der Waals surface area contributed by atoms with E-state index in [9.17, 15) is 18.0 Å². The van der Waals surface area contributed by atoms with Crippen LogP contribution in [0.25, 0.3) is 0 Å². The number of aliphatic carboxylic acids is 1. The van der Waals surface area contributed by atoms with Gasteiger partial charge < -0.3 is 10.4 Å². The van der Waals surface area contributed by atoms with Gasteiger partial charge in [-0.3, -0.25) is 14.3 Å². The van der Waals surface area contributed by atoms with Gasteiger partial charge in [0, 0.05) is 23.9 Å². The number of rotatable bonds is 7. The summed E-state index contributed by atoms with van der Waals surface area (Å²) in [6.45, 7) is 3.11. The summed E-state index contributed by atoms with van der Waals surface area (Å²) in [7, 11) is -3.62. The van der Waals surface area contributed by atoms with Gasteiger partial charge in [-0.05, 0) is 38.1 Å². The molecule has 1 heterocycles. The molecule has 3 N–H and O–H groups in total. The van der Waals surface area contributed by atoms with Crippen molar-refractivity contribution in [3.63, 3.8) is 0 Å². The second kappa shape index (κ2) is 7.45. The van der Waals surface area contributed by atoms with E-state index >= 15 is 0 Å². The summed E-state index contributed by atoms with van der Waals surface area (Å²) in [5.74, 6) is -1.33. The number of sulfonamides is 1. The smallest absolute Gasteiger partial charge is 0.325 e. The van der Waals surface area contributed by atoms with Crippen molar-refractivity contribution in [3.05, 3.63) is 42.1 Å². The van der Waals surface area contributed by atoms with Crippen molar-refractivity contribution in [2.24, 2.45) is 0 Å². The van der Waals surface area contributed by atoms with Gasteiger partial charge in [-0.1, -0.05) is 0 Å². The van der Waals surface area contributed by atoms with Crippen molar-refractivity contribution in [1.82, 2.24) is 14.5 Å². The molecular formula is C15H18N4O5S. The van der Waals surface area contributed by atoms with Crippen LogP contribution < -0.4 is 10.0 Å². The van der Waals surface area contributed by atoms with Gasteiger partial charge in [0.15, 0.2) is 5.82 Å². The molecule has 134 valence electrons. The first kappa shape index (κ1) is 18.6. The topological polar surface area (TPSA) is 130 Å². The van der Waals surface area contributed by atoms with Crippen molar-refractivity contribution < 1.29 is 23.1 Å². The molecule has 0 fully saturated rings. The number of benzene rings is 1. The Morgan fingerprint density at radius 1 is 1.20 bits per heavy atom. The van der Waals surface area contributed by atoms with Crippen molar-refractivity contribution in [3.8, 4) is 0 Å². The number of carboxylic acid groups (broad SMARTS) is 1. The van der Waals surface area contributed by atoms with E-state index in [1.807, 2.05) is 0 Å². The monoisotopic (exact) mass is 366 g/mol. The molecule has 0 radical (unpaired) electrons. The van der Waals surface area contributed by atoms with Gasteiger partial charge in [0.2, 0.25) is 10.0 Å². The van der Waals surface area contributed by atoms with Crippen LogP contribution in [0.2, 0.25) is 0 Å². The summed E-state index contributed by atoms with van der Waals surface area (Å²) in [5.41, 5.74) is 0.247. The molecule has 0 saturated carbocycles. The lowest BCUT2D eigenvalue weighted by atomic mass is 10.2. The third-order valence-electron chi connectivity index (χ3n) is 3.00. The van der Waals surface area contributed by atoms with Crippen LogP contribution in [0.4, 0.5) is 5.82 Å². The predicted molar refractivity (Wildman–Crippen MR) is 89.7 cm³/mol. The SMILES string of the molecule is CC(C)NS(=O)(=O)c1ccc(C(=O)Nc2ccn(CC(=O)O)n2)cc1. The Bertz CT molecular complexity index is 872. The van der Waals surface area contributed by atoms with E-state index in [1.165, 1.54) is 41.2 Å². The Hall–Kier alpha value is -2.72. The Morgan fingerprint density at radius 3 is 2.40 bits per heavy atom. The highest BCUT2D eigenvalue weighted by molar-refractivity contribution is 7.89. The predicted octanol–water partition coefficient (Wildman–Crippen LogP) is 0.907. The number of hydrogen-bond acceptors (Lipinski definition) is 5.